The van der Waals surface area contributed by atoms with E-state index in [1.165, 1.54) is 16.9 Å². The van der Waals surface area contributed by atoms with Crippen LogP contribution in [-0.2, 0) is 6.54 Å². The van der Waals surface area contributed by atoms with Crippen molar-refractivity contribution >= 4 is 17.2 Å². The number of rotatable bonds is 4. The molecule has 26 heavy (non-hydrogen) atoms. The SMILES string of the molecule is Cc1nc(C(=O)N2CCC[C@@H](c3nccn3Cc3ccccc3)C2)cs1. The van der Waals surface area contributed by atoms with Crippen LogP contribution in [0.5, 0.6) is 0 Å². The summed E-state index contributed by atoms with van der Waals surface area (Å²) in [7, 11) is 0. The van der Waals surface area contributed by atoms with E-state index in [0.29, 0.717) is 12.2 Å². The van der Waals surface area contributed by atoms with Gasteiger partial charge in [0, 0.05) is 43.3 Å². The monoisotopic (exact) mass is 366 g/mol. The summed E-state index contributed by atoms with van der Waals surface area (Å²) in [5.41, 5.74) is 1.83. The van der Waals surface area contributed by atoms with Crippen LogP contribution in [0.3, 0.4) is 0 Å². The first-order valence-electron chi connectivity index (χ1n) is 8.97. The third-order valence-corrected chi connectivity index (χ3v) is 5.63. The van der Waals surface area contributed by atoms with Gasteiger partial charge >= 0.3 is 0 Å². The molecule has 1 aliphatic heterocycles. The van der Waals surface area contributed by atoms with Crippen LogP contribution in [0.4, 0.5) is 0 Å². The minimum Gasteiger partial charge on any atom is -0.337 e. The normalized spacial score (nSPS) is 17.4. The summed E-state index contributed by atoms with van der Waals surface area (Å²) in [6, 6.07) is 10.4. The third-order valence-electron chi connectivity index (χ3n) is 4.86. The van der Waals surface area contributed by atoms with Crippen molar-refractivity contribution in [2.45, 2.75) is 32.2 Å². The highest BCUT2D eigenvalue weighted by molar-refractivity contribution is 7.09. The van der Waals surface area contributed by atoms with E-state index >= 15 is 0 Å². The van der Waals surface area contributed by atoms with Crippen LogP contribution < -0.4 is 0 Å². The molecule has 3 aromatic rings. The zero-order valence-electron chi connectivity index (χ0n) is 14.8. The number of benzene rings is 1. The minimum absolute atomic E-state index is 0.0419. The second-order valence-electron chi connectivity index (χ2n) is 6.74. The number of aryl methyl sites for hydroxylation is 1. The molecule has 6 heteroatoms. The number of hydrogen-bond donors (Lipinski definition) is 0. The van der Waals surface area contributed by atoms with E-state index in [1.807, 2.05) is 35.7 Å². The van der Waals surface area contributed by atoms with Crippen LogP contribution in [0.15, 0.2) is 48.1 Å². The molecule has 0 aliphatic carbocycles. The number of piperidine rings is 1. The second kappa shape index (κ2) is 7.41. The Morgan fingerprint density at radius 3 is 2.92 bits per heavy atom. The number of aromatic nitrogens is 3. The van der Waals surface area contributed by atoms with E-state index in [0.717, 1.165) is 36.8 Å². The third kappa shape index (κ3) is 3.55. The molecule has 3 heterocycles. The maximum absolute atomic E-state index is 12.7. The average Bonchev–Trinajstić information content (AvgIpc) is 3.31. The Morgan fingerprint density at radius 1 is 1.31 bits per heavy atom. The van der Waals surface area contributed by atoms with Gasteiger partial charge in [-0.15, -0.1) is 11.3 Å². The predicted octanol–water partition coefficient (Wildman–Crippen LogP) is 3.72. The van der Waals surface area contributed by atoms with Gasteiger partial charge in [-0.1, -0.05) is 30.3 Å². The Balaban J connectivity index is 1.50. The van der Waals surface area contributed by atoms with Gasteiger partial charge in [0.15, 0.2) is 0 Å². The highest BCUT2D eigenvalue weighted by atomic mass is 32.1. The first-order chi connectivity index (χ1) is 12.7. The van der Waals surface area contributed by atoms with E-state index in [1.54, 1.807) is 0 Å². The maximum atomic E-state index is 12.7. The molecule has 2 aromatic heterocycles. The van der Waals surface area contributed by atoms with Gasteiger partial charge in [-0.05, 0) is 25.3 Å². The quantitative estimate of drug-likeness (QED) is 0.707. The Bertz CT molecular complexity index is 886. The lowest BCUT2D eigenvalue weighted by Gasteiger charge is -2.32. The summed E-state index contributed by atoms with van der Waals surface area (Å²) in [6.07, 6.45) is 5.96. The molecule has 134 valence electrons. The fourth-order valence-electron chi connectivity index (χ4n) is 3.59. The van der Waals surface area contributed by atoms with E-state index in [-0.39, 0.29) is 11.8 Å². The molecule has 0 N–H and O–H groups in total. The number of carbonyl (C=O) groups is 1. The van der Waals surface area contributed by atoms with Gasteiger partial charge in [0.05, 0.1) is 5.01 Å². The van der Waals surface area contributed by atoms with Gasteiger partial charge in [-0.3, -0.25) is 4.79 Å². The summed E-state index contributed by atoms with van der Waals surface area (Å²) >= 11 is 1.52. The van der Waals surface area contributed by atoms with Crippen molar-refractivity contribution in [3.63, 3.8) is 0 Å². The molecule has 4 rings (SSSR count). The summed E-state index contributed by atoms with van der Waals surface area (Å²) in [4.78, 5) is 23.7. The van der Waals surface area contributed by atoms with Crippen LogP contribution in [0.1, 0.15) is 45.6 Å². The Labute approximate surface area is 157 Å². The molecule has 5 nitrogen and oxygen atoms in total. The van der Waals surface area contributed by atoms with Crippen molar-refractivity contribution in [1.82, 2.24) is 19.4 Å². The maximum Gasteiger partial charge on any atom is 0.273 e. The highest BCUT2D eigenvalue weighted by Crippen LogP contribution is 2.27. The number of amides is 1. The van der Waals surface area contributed by atoms with Gasteiger partial charge in [0.25, 0.3) is 5.91 Å². The van der Waals surface area contributed by atoms with Crippen LogP contribution in [0.25, 0.3) is 0 Å². The fraction of sp³-hybridized carbons (Fsp3) is 0.350. The smallest absolute Gasteiger partial charge is 0.273 e. The molecule has 1 fully saturated rings. The molecule has 1 atom stereocenters. The van der Waals surface area contributed by atoms with Gasteiger partial charge in [-0.2, -0.15) is 0 Å². The lowest BCUT2D eigenvalue weighted by atomic mass is 9.96. The molecule has 1 aliphatic rings. The topological polar surface area (TPSA) is 51.0 Å². The van der Waals surface area contributed by atoms with Crippen molar-refractivity contribution < 1.29 is 4.79 Å². The Hall–Kier alpha value is -2.47. The lowest BCUT2D eigenvalue weighted by molar-refractivity contribution is 0.0698. The second-order valence-corrected chi connectivity index (χ2v) is 7.80. The van der Waals surface area contributed by atoms with Gasteiger partial charge in [0.2, 0.25) is 0 Å². The molecular weight excluding hydrogens is 344 g/mol. The molecule has 0 saturated carbocycles. The van der Waals surface area contributed by atoms with Gasteiger partial charge in [-0.25, -0.2) is 9.97 Å². The summed E-state index contributed by atoms with van der Waals surface area (Å²) in [5, 5.41) is 2.79. The number of carbonyl (C=O) groups excluding carboxylic acids is 1. The first-order valence-corrected chi connectivity index (χ1v) is 9.85. The average molecular weight is 366 g/mol. The lowest BCUT2D eigenvalue weighted by Crippen LogP contribution is -2.40. The number of hydrogen-bond acceptors (Lipinski definition) is 4. The zero-order chi connectivity index (χ0) is 17.9. The molecule has 0 unspecified atom stereocenters. The first kappa shape index (κ1) is 17.0. The van der Waals surface area contributed by atoms with E-state index in [9.17, 15) is 4.79 Å². The molecule has 1 aromatic carbocycles. The fourth-order valence-corrected chi connectivity index (χ4v) is 4.18. The van der Waals surface area contributed by atoms with E-state index in [4.69, 9.17) is 0 Å². The number of imidazole rings is 1. The van der Waals surface area contributed by atoms with E-state index < -0.39 is 0 Å². The van der Waals surface area contributed by atoms with Crippen LogP contribution in [0, 0.1) is 6.92 Å². The largest absolute Gasteiger partial charge is 0.337 e. The molecule has 1 amide bonds. The zero-order valence-corrected chi connectivity index (χ0v) is 15.7. The van der Waals surface area contributed by atoms with Crippen molar-refractivity contribution in [3.05, 3.63) is 70.2 Å². The summed E-state index contributed by atoms with van der Waals surface area (Å²) in [5.74, 6) is 1.38. The molecule has 0 bridgehead atoms. The van der Waals surface area contributed by atoms with Gasteiger partial charge < -0.3 is 9.47 Å². The number of thiazole rings is 1. The van der Waals surface area contributed by atoms with Crippen LogP contribution >= 0.6 is 11.3 Å². The van der Waals surface area contributed by atoms with Crippen molar-refractivity contribution in [3.8, 4) is 0 Å². The Kier molecular flexibility index (Phi) is 4.84. The van der Waals surface area contributed by atoms with Crippen molar-refractivity contribution in [2.24, 2.45) is 0 Å². The number of nitrogens with zero attached hydrogens (tertiary/aromatic N) is 4. The molecule has 1 saturated heterocycles. The molecule has 0 radical (unpaired) electrons. The predicted molar refractivity (Wildman–Crippen MR) is 103 cm³/mol. The van der Waals surface area contributed by atoms with Gasteiger partial charge in [0.1, 0.15) is 11.5 Å². The van der Waals surface area contributed by atoms with Crippen LogP contribution in [-0.4, -0.2) is 38.4 Å². The van der Waals surface area contributed by atoms with E-state index in [2.05, 4.69) is 38.8 Å². The molecular formula is C20H22N4OS. The molecule has 0 spiro atoms. The number of likely N-dealkylation sites (tertiary alicyclic amines) is 1. The summed E-state index contributed by atoms with van der Waals surface area (Å²) < 4.78 is 2.21. The van der Waals surface area contributed by atoms with Crippen LogP contribution in [0.2, 0.25) is 0 Å². The van der Waals surface area contributed by atoms with Crippen molar-refractivity contribution in [2.75, 3.05) is 13.1 Å². The highest BCUT2D eigenvalue weighted by Gasteiger charge is 2.28. The standard InChI is InChI=1S/C20H22N4OS/c1-15-22-18(14-26-15)20(25)24-10-5-8-17(13-24)19-21-9-11-23(19)12-16-6-3-2-4-7-16/h2-4,6-7,9,11,14,17H,5,8,10,12-13H2,1H3/t17-/m1/s1. The minimum atomic E-state index is 0.0419. The Morgan fingerprint density at radius 2 is 2.15 bits per heavy atom. The summed E-state index contributed by atoms with van der Waals surface area (Å²) in [6.45, 7) is 4.25. The van der Waals surface area contributed by atoms with Crippen molar-refractivity contribution in [1.29, 1.82) is 0 Å².